The van der Waals surface area contributed by atoms with Gasteiger partial charge in [0, 0.05) is 10.0 Å². The standard InChI is InChI=1S/C14H7BrF2N2O2/c15-10-2-1-6(16)3-8(10)13-18-11-5-7(17)4-9(14(20)21)12(11)19-13/h1-5H,(H,18,19)(H,20,21). The summed E-state index contributed by atoms with van der Waals surface area (Å²) in [7, 11) is 0. The fourth-order valence-corrected chi connectivity index (χ4v) is 2.49. The smallest absolute Gasteiger partial charge is 0.338 e. The fraction of sp³-hybridized carbons (Fsp3) is 0. The van der Waals surface area contributed by atoms with Gasteiger partial charge in [-0.25, -0.2) is 18.6 Å². The molecule has 1 heterocycles. The first-order valence-electron chi connectivity index (χ1n) is 5.83. The molecule has 0 saturated heterocycles. The Morgan fingerprint density at radius 1 is 1.19 bits per heavy atom. The average Bonchev–Trinajstić information content (AvgIpc) is 2.83. The van der Waals surface area contributed by atoms with Crippen molar-refractivity contribution in [3.8, 4) is 11.4 Å². The minimum atomic E-state index is -1.28. The summed E-state index contributed by atoms with van der Waals surface area (Å²) in [4.78, 5) is 18.1. The number of halogens is 3. The number of nitrogens with one attached hydrogen (secondary N) is 1. The molecule has 2 N–H and O–H groups in total. The maximum Gasteiger partial charge on any atom is 0.338 e. The molecule has 0 radical (unpaired) electrons. The van der Waals surface area contributed by atoms with Gasteiger partial charge in [0.05, 0.1) is 11.1 Å². The second kappa shape index (κ2) is 4.92. The molecular formula is C14H7BrF2N2O2. The number of benzene rings is 2. The number of hydrogen-bond donors (Lipinski definition) is 2. The molecule has 0 bridgehead atoms. The van der Waals surface area contributed by atoms with E-state index in [1.165, 1.54) is 18.2 Å². The van der Waals surface area contributed by atoms with E-state index in [0.717, 1.165) is 12.1 Å². The largest absolute Gasteiger partial charge is 0.478 e. The first-order chi connectivity index (χ1) is 9.95. The van der Waals surface area contributed by atoms with E-state index in [9.17, 15) is 13.6 Å². The summed E-state index contributed by atoms with van der Waals surface area (Å²) >= 11 is 3.27. The number of aromatic carboxylic acids is 1. The lowest BCUT2D eigenvalue weighted by Crippen LogP contribution is -1.98. The molecule has 3 aromatic rings. The van der Waals surface area contributed by atoms with E-state index in [1.54, 1.807) is 0 Å². The Bertz CT molecular complexity index is 877. The van der Waals surface area contributed by atoms with E-state index < -0.39 is 17.6 Å². The maximum absolute atomic E-state index is 13.4. The number of aromatic nitrogens is 2. The summed E-state index contributed by atoms with van der Waals surface area (Å²) in [5.41, 5.74) is 0.525. The van der Waals surface area contributed by atoms with E-state index in [-0.39, 0.29) is 22.4 Å². The Labute approximate surface area is 125 Å². The van der Waals surface area contributed by atoms with Gasteiger partial charge in [0.15, 0.2) is 0 Å². The molecule has 0 fully saturated rings. The quantitative estimate of drug-likeness (QED) is 0.733. The fourth-order valence-electron chi connectivity index (χ4n) is 2.05. The van der Waals surface area contributed by atoms with Crippen molar-refractivity contribution < 1.29 is 18.7 Å². The molecule has 0 spiro atoms. The maximum atomic E-state index is 13.4. The molecule has 3 rings (SSSR count). The van der Waals surface area contributed by atoms with E-state index in [1.807, 2.05) is 0 Å². The second-order valence-electron chi connectivity index (χ2n) is 4.36. The van der Waals surface area contributed by atoms with Gasteiger partial charge < -0.3 is 10.1 Å². The van der Waals surface area contributed by atoms with Crippen LogP contribution < -0.4 is 0 Å². The minimum absolute atomic E-state index is 0.120. The van der Waals surface area contributed by atoms with Gasteiger partial charge in [0.25, 0.3) is 0 Å². The third-order valence-corrected chi connectivity index (χ3v) is 3.66. The van der Waals surface area contributed by atoms with Crippen LogP contribution in [0.15, 0.2) is 34.8 Å². The number of carboxylic acids is 1. The molecule has 0 aliphatic rings. The van der Waals surface area contributed by atoms with Crippen molar-refractivity contribution in [1.29, 1.82) is 0 Å². The summed E-state index contributed by atoms with van der Waals surface area (Å²) in [5, 5.41) is 9.10. The molecule has 21 heavy (non-hydrogen) atoms. The SMILES string of the molecule is O=C(O)c1cc(F)cc2[nH]c(-c3cc(F)ccc3Br)nc12. The van der Waals surface area contributed by atoms with Gasteiger partial charge in [0.2, 0.25) is 0 Å². The Kier molecular flexibility index (Phi) is 3.21. The normalized spacial score (nSPS) is 11.0. The van der Waals surface area contributed by atoms with Crippen LogP contribution in [-0.4, -0.2) is 21.0 Å². The number of aromatic amines is 1. The molecule has 0 aliphatic heterocycles. The van der Waals surface area contributed by atoms with E-state index in [0.29, 0.717) is 10.0 Å². The summed E-state index contributed by atoms with van der Waals surface area (Å²) in [6, 6.07) is 6.08. The zero-order chi connectivity index (χ0) is 15.1. The number of nitrogens with zero attached hydrogens (tertiary/aromatic N) is 1. The van der Waals surface area contributed by atoms with Crippen LogP contribution in [0, 0.1) is 11.6 Å². The first kappa shape index (κ1) is 13.7. The zero-order valence-electron chi connectivity index (χ0n) is 10.3. The van der Waals surface area contributed by atoms with Gasteiger partial charge >= 0.3 is 5.97 Å². The van der Waals surface area contributed by atoms with Crippen molar-refractivity contribution in [2.75, 3.05) is 0 Å². The molecule has 0 unspecified atom stereocenters. The second-order valence-corrected chi connectivity index (χ2v) is 5.22. The van der Waals surface area contributed by atoms with Crippen LogP contribution in [0.1, 0.15) is 10.4 Å². The molecule has 7 heteroatoms. The number of rotatable bonds is 2. The molecule has 0 atom stereocenters. The van der Waals surface area contributed by atoms with Crippen LogP contribution in [0.2, 0.25) is 0 Å². The van der Waals surface area contributed by atoms with Gasteiger partial charge in [-0.3, -0.25) is 0 Å². The van der Waals surface area contributed by atoms with Gasteiger partial charge in [-0.1, -0.05) is 15.9 Å². The molecule has 0 saturated carbocycles. The summed E-state index contributed by atoms with van der Waals surface area (Å²) in [6.45, 7) is 0. The lowest BCUT2D eigenvalue weighted by Gasteiger charge is -2.00. The van der Waals surface area contributed by atoms with Crippen molar-refractivity contribution in [2.24, 2.45) is 0 Å². The zero-order valence-corrected chi connectivity index (χ0v) is 11.9. The summed E-state index contributed by atoms with van der Waals surface area (Å²) < 4.78 is 27.4. The van der Waals surface area contributed by atoms with Crippen LogP contribution >= 0.6 is 15.9 Å². The molecule has 0 amide bonds. The van der Waals surface area contributed by atoms with Crippen LogP contribution in [0.5, 0.6) is 0 Å². The predicted molar refractivity (Wildman–Crippen MR) is 76.1 cm³/mol. The van der Waals surface area contributed by atoms with Gasteiger partial charge in [-0.15, -0.1) is 0 Å². The van der Waals surface area contributed by atoms with E-state index in [4.69, 9.17) is 5.11 Å². The van der Waals surface area contributed by atoms with Crippen LogP contribution in [0.4, 0.5) is 8.78 Å². The number of H-pyrrole nitrogens is 1. The van der Waals surface area contributed by atoms with Crippen molar-refractivity contribution in [3.63, 3.8) is 0 Å². The topological polar surface area (TPSA) is 66.0 Å². The van der Waals surface area contributed by atoms with Crippen LogP contribution in [0.3, 0.4) is 0 Å². The highest BCUT2D eigenvalue weighted by Crippen LogP contribution is 2.29. The van der Waals surface area contributed by atoms with E-state index >= 15 is 0 Å². The third kappa shape index (κ3) is 2.40. The molecule has 4 nitrogen and oxygen atoms in total. The molecule has 1 aromatic heterocycles. The number of fused-ring (bicyclic) bond motifs is 1. The molecule has 106 valence electrons. The van der Waals surface area contributed by atoms with Crippen molar-refractivity contribution in [1.82, 2.24) is 9.97 Å². The first-order valence-corrected chi connectivity index (χ1v) is 6.63. The van der Waals surface area contributed by atoms with Crippen LogP contribution in [0.25, 0.3) is 22.4 Å². The molecule has 0 aliphatic carbocycles. The lowest BCUT2D eigenvalue weighted by atomic mass is 10.2. The predicted octanol–water partition coefficient (Wildman–Crippen LogP) is 3.97. The van der Waals surface area contributed by atoms with Gasteiger partial charge in [0.1, 0.15) is 23.0 Å². The summed E-state index contributed by atoms with van der Waals surface area (Å²) in [6.07, 6.45) is 0. The van der Waals surface area contributed by atoms with Crippen molar-refractivity contribution >= 4 is 32.9 Å². The number of carboxylic acid groups (broad SMARTS) is 1. The highest BCUT2D eigenvalue weighted by Gasteiger charge is 2.17. The lowest BCUT2D eigenvalue weighted by molar-refractivity contribution is 0.0698. The number of hydrogen-bond acceptors (Lipinski definition) is 2. The van der Waals surface area contributed by atoms with Gasteiger partial charge in [-0.2, -0.15) is 0 Å². The third-order valence-electron chi connectivity index (χ3n) is 2.97. The summed E-state index contributed by atoms with van der Waals surface area (Å²) in [5.74, 6) is -2.17. The Hall–Kier alpha value is -2.28. The minimum Gasteiger partial charge on any atom is -0.478 e. The monoisotopic (exact) mass is 352 g/mol. The molecular weight excluding hydrogens is 346 g/mol. The van der Waals surface area contributed by atoms with Crippen LogP contribution in [-0.2, 0) is 0 Å². The number of carbonyl (C=O) groups is 1. The van der Waals surface area contributed by atoms with Gasteiger partial charge in [-0.05, 0) is 30.3 Å². The average molecular weight is 353 g/mol. The Morgan fingerprint density at radius 2 is 1.95 bits per heavy atom. The highest BCUT2D eigenvalue weighted by molar-refractivity contribution is 9.10. The highest BCUT2D eigenvalue weighted by atomic mass is 79.9. The number of imidazole rings is 1. The molecule has 2 aromatic carbocycles. The Balaban J connectivity index is 2.28. The van der Waals surface area contributed by atoms with Crippen molar-refractivity contribution in [2.45, 2.75) is 0 Å². The Morgan fingerprint density at radius 3 is 2.67 bits per heavy atom. The van der Waals surface area contributed by atoms with E-state index in [2.05, 4.69) is 25.9 Å². The van der Waals surface area contributed by atoms with Crippen molar-refractivity contribution in [3.05, 3.63) is 52.0 Å².